The largest absolute Gasteiger partial charge is 0.497 e. The molecular formula is C19H20N2O5. The molecule has 0 bridgehead atoms. The molecule has 136 valence electrons. The molecule has 0 unspecified atom stereocenters. The molecule has 0 aromatic heterocycles. The van der Waals surface area contributed by atoms with Crippen LogP contribution >= 0.6 is 0 Å². The molecule has 0 atom stereocenters. The molecule has 0 saturated heterocycles. The summed E-state index contributed by atoms with van der Waals surface area (Å²) in [6.45, 7) is 1.42. The van der Waals surface area contributed by atoms with E-state index >= 15 is 0 Å². The second-order valence-corrected chi connectivity index (χ2v) is 5.55. The second kappa shape index (κ2) is 9.22. The molecule has 0 heterocycles. The van der Waals surface area contributed by atoms with Crippen molar-refractivity contribution in [1.82, 2.24) is 5.32 Å². The topological polar surface area (TPSA) is 93.7 Å². The molecule has 0 radical (unpaired) electrons. The molecule has 0 aliphatic rings. The van der Waals surface area contributed by atoms with Crippen molar-refractivity contribution in [2.45, 2.75) is 13.3 Å². The first kappa shape index (κ1) is 19.0. The van der Waals surface area contributed by atoms with Gasteiger partial charge >= 0.3 is 12.0 Å². The zero-order valence-corrected chi connectivity index (χ0v) is 14.6. The number of aryl methyl sites for hydroxylation is 1. The first-order valence-corrected chi connectivity index (χ1v) is 7.92. The molecule has 2 N–H and O–H groups in total. The maximum Gasteiger partial charge on any atom is 0.325 e. The van der Waals surface area contributed by atoms with Crippen molar-refractivity contribution in [3.63, 3.8) is 0 Å². The molecule has 2 rings (SSSR count). The van der Waals surface area contributed by atoms with Gasteiger partial charge in [0, 0.05) is 5.69 Å². The summed E-state index contributed by atoms with van der Waals surface area (Å²) < 4.78 is 9.88. The molecule has 0 saturated carbocycles. The molecule has 2 aromatic rings. The number of amides is 3. The Bertz CT molecular complexity index is 770. The van der Waals surface area contributed by atoms with Crippen molar-refractivity contribution in [2.24, 2.45) is 0 Å². The summed E-state index contributed by atoms with van der Waals surface area (Å²) in [5, 5.41) is 4.58. The van der Waals surface area contributed by atoms with Gasteiger partial charge in [0.1, 0.15) is 5.75 Å². The van der Waals surface area contributed by atoms with Crippen molar-refractivity contribution in [2.75, 3.05) is 19.0 Å². The van der Waals surface area contributed by atoms with E-state index in [-0.39, 0.29) is 6.42 Å². The maximum absolute atomic E-state index is 11.7. The van der Waals surface area contributed by atoms with Crippen LogP contribution in [0.25, 0.3) is 0 Å². The summed E-state index contributed by atoms with van der Waals surface area (Å²) in [7, 11) is 1.54. The van der Waals surface area contributed by atoms with Gasteiger partial charge in [-0.3, -0.25) is 14.9 Å². The lowest BCUT2D eigenvalue weighted by Gasteiger charge is -2.08. The lowest BCUT2D eigenvalue weighted by atomic mass is 10.1. The Morgan fingerprint density at radius 3 is 2.23 bits per heavy atom. The summed E-state index contributed by atoms with van der Waals surface area (Å²) >= 11 is 0. The number of hydrogen-bond acceptors (Lipinski definition) is 5. The first-order valence-electron chi connectivity index (χ1n) is 7.92. The number of carbonyl (C=O) groups excluding carboxylic acids is 3. The van der Waals surface area contributed by atoms with Crippen LogP contribution in [0.3, 0.4) is 0 Å². The van der Waals surface area contributed by atoms with Gasteiger partial charge < -0.3 is 14.8 Å². The molecule has 0 aliphatic carbocycles. The number of urea groups is 1. The minimum atomic E-state index is -0.715. The van der Waals surface area contributed by atoms with E-state index in [2.05, 4.69) is 10.6 Å². The summed E-state index contributed by atoms with van der Waals surface area (Å²) in [5.74, 6) is -0.611. The average molecular weight is 356 g/mol. The summed E-state index contributed by atoms with van der Waals surface area (Å²) in [6, 6.07) is 13.3. The van der Waals surface area contributed by atoms with Crippen LogP contribution in [-0.2, 0) is 20.7 Å². The predicted molar refractivity (Wildman–Crippen MR) is 96.0 cm³/mol. The van der Waals surface area contributed by atoms with E-state index in [4.69, 9.17) is 9.47 Å². The van der Waals surface area contributed by atoms with Crippen molar-refractivity contribution in [1.29, 1.82) is 0 Å². The zero-order chi connectivity index (χ0) is 18.9. The number of anilines is 1. The zero-order valence-electron chi connectivity index (χ0n) is 14.6. The third-order valence-corrected chi connectivity index (χ3v) is 3.43. The fourth-order valence-corrected chi connectivity index (χ4v) is 2.07. The van der Waals surface area contributed by atoms with Gasteiger partial charge in [-0.05, 0) is 36.8 Å². The van der Waals surface area contributed by atoms with Gasteiger partial charge in [0.2, 0.25) is 0 Å². The minimum absolute atomic E-state index is 0.0611. The van der Waals surface area contributed by atoms with Crippen molar-refractivity contribution in [3.8, 4) is 5.75 Å². The van der Waals surface area contributed by atoms with E-state index < -0.39 is 24.5 Å². The van der Waals surface area contributed by atoms with Crippen LogP contribution in [0.4, 0.5) is 10.5 Å². The fourth-order valence-electron chi connectivity index (χ4n) is 2.07. The molecule has 0 aliphatic heterocycles. The predicted octanol–water partition coefficient (Wildman–Crippen LogP) is 2.44. The third kappa shape index (κ3) is 6.27. The van der Waals surface area contributed by atoms with E-state index in [1.54, 1.807) is 24.3 Å². The van der Waals surface area contributed by atoms with Gasteiger partial charge in [-0.2, -0.15) is 0 Å². The van der Waals surface area contributed by atoms with Gasteiger partial charge in [0.05, 0.1) is 13.5 Å². The Morgan fingerprint density at radius 2 is 1.62 bits per heavy atom. The Hall–Kier alpha value is -3.35. The molecule has 7 nitrogen and oxygen atoms in total. The van der Waals surface area contributed by atoms with Crippen LogP contribution in [0.2, 0.25) is 0 Å². The quantitative estimate of drug-likeness (QED) is 0.776. The van der Waals surface area contributed by atoms with E-state index in [1.165, 1.54) is 7.11 Å². The highest BCUT2D eigenvalue weighted by Crippen LogP contribution is 2.14. The van der Waals surface area contributed by atoms with Crippen molar-refractivity contribution in [3.05, 3.63) is 59.7 Å². The van der Waals surface area contributed by atoms with Crippen molar-refractivity contribution < 1.29 is 23.9 Å². The highest BCUT2D eigenvalue weighted by atomic mass is 16.5. The number of methoxy groups -OCH3 is 1. The van der Waals surface area contributed by atoms with Crippen LogP contribution in [-0.4, -0.2) is 31.6 Å². The standard InChI is InChI=1S/C19H20N2O5/c1-13-3-5-14(6-4-13)11-18(23)26-12-17(22)21-19(24)20-15-7-9-16(25-2)10-8-15/h3-10H,11-12H2,1-2H3,(H2,20,21,22,24). The van der Waals surface area contributed by atoms with E-state index in [1.807, 2.05) is 31.2 Å². The average Bonchev–Trinajstić information content (AvgIpc) is 2.62. The lowest BCUT2D eigenvalue weighted by Crippen LogP contribution is -2.37. The molecule has 2 aromatic carbocycles. The Balaban J connectivity index is 1.72. The van der Waals surface area contributed by atoms with E-state index in [9.17, 15) is 14.4 Å². The molecule has 7 heteroatoms. The summed E-state index contributed by atoms with van der Waals surface area (Å²) in [5.41, 5.74) is 2.37. The first-order chi connectivity index (χ1) is 12.5. The summed E-state index contributed by atoms with van der Waals surface area (Å²) in [4.78, 5) is 35.1. The fraction of sp³-hybridized carbons (Fsp3) is 0.211. The number of carbonyl (C=O) groups is 3. The monoisotopic (exact) mass is 356 g/mol. The highest BCUT2D eigenvalue weighted by Gasteiger charge is 2.11. The molecule has 3 amide bonds. The highest BCUT2D eigenvalue weighted by molar-refractivity contribution is 6.01. The number of imide groups is 1. The lowest BCUT2D eigenvalue weighted by molar-refractivity contribution is -0.147. The third-order valence-electron chi connectivity index (χ3n) is 3.43. The second-order valence-electron chi connectivity index (χ2n) is 5.55. The van der Waals surface area contributed by atoms with Crippen LogP contribution in [0.5, 0.6) is 5.75 Å². The van der Waals surface area contributed by atoms with Crippen LogP contribution in [0.1, 0.15) is 11.1 Å². The Labute approximate surface area is 151 Å². The Kier molecular flexibility index (Phi) is 6.73. The molecule has 0 fully saturated rings. The molecular weight excluding hydrogens is 336 g/mol. The number of ether oxygens (including phenoxy) is 2. The number of esters is 1. The van der Waals surface area contributed by atoms with Gasteiger partial charge in [-0.25, -0.2) is 4.79 Å². The number of nitrogens with one attached hydrogen (secondary N) is 2. The van der Waals surface area contributed by atoms with Crippen molar-refractivity contribution >= 4 is 23.6 Å². The van der Waals surface area contributed by atoms with Gasteiger partial charge in [0.25, 0.3) is 5.91 Å². The van der Waals surface area contributed by atoms with Crippen LogP contribution in [0, 0.1) is 6.92 Å². The summed E-state index contributed by atoms with van der Waals surface area (Å²) in [6.07, 6.45) is 0.0611. The molecule has 26 heavy (non-hydrogen) atoms. The minimum Gasteiger partial charge on any atom is -0.497 e. The number of rotatable bonds is 6. The van der Waals surface area contributed by atoms with Gasteiger partial charge in [-0.15, -0.1) is 0 Å². The molecule has 0 spiro atoms. The maximum atomic E-state index is 11.7. The van der Waals surface area contributed by atoms with E-state index in [0.717, 1.165) is 11.1 Å². The van der Waals surface area contributed by atoms with Gasteiger partial charge in [0.15, 0.2) is 6.61 Å². The smallest absolute Gasteiger partial charge is 0.325 e. The Morgan fingerprint density at radius 1 is 0.962 bits per heavy atom. The van der Waals surface area contributed by atoms with Crippen LogP contribution < -0.4 is 15.4 Å². The van der Waals surface area contributed by atoms with Crippen LogP contribution in [0.15, 0.2) is 48.5 Å². The number of benzene rings is 2. The SMILES string of the molecule is COc1ccc(NC(=O)NC(=O)COC(=O)Cc2ccc(C)cc2)cc1. The van der Waals surface area contributed by atoms with Gasteiger partial charge in [-0.1, -0.05) is 29.8 Å². The number of hydrogen-bond donors (Lipinski definition) is 2. The van der Waals surface area contributed by atoms with E-state index in [0.29, 0.717) is 11.4 Å². The normalized spacial score (nSPS) is 9.92.